The summed E-state index contributed by atoms with van der Waals surface area (Å²) < 4.78 is 34.3. The average Bonchev–Trinajstić information content (AvgIpc) is 2.45. The molecule has 3 N–H and O–H groups in total. The van der Waals surface area contributed by atoms with E-state index >= 15 is 0 Å². The van der Waals surface area contributed by atoms with Crippen LogP contribution in [-0.4, -0.2) is 43.8 Å². The first-order valence-electron chi connectivity index (χ1n) is 6.53. The Balaban J connectivity index is 0.00000484. The third kappa shape index (κ3) is 11.7. The van der Waals surface area contributed by atoms with E-state index in [1.807, 2.05) is 30.3 Å². The Morgan fingerprint density at radius 3 is 2.35 bits per heavy atom. The Hall–Kier alpha value is -1.51. The SMILES string of the molecule is O=C(CCNC(=O)OCc1ccccc1)NCCS(=O)(=O)O.[Zn]. The fourth-order valence-electron chi connectivity index (χ4n) is 1.46. The molecule has 1 aromatic rings. The van der Waals surface area contributed by atoms with Crippen molar-refractivity contribution < 1.29 is 46.8 Å². The summed E-state index contributed by atoms with van der Waals surface area (Å²) in [7, 11) is -4.09. The number of alkyl carbamates (subject to hydrolysis) is 1. The minimum Gasteiger partial charge on any atom is -0.445 e. The molecule has 8 nitrogen and oxygen atoms in total. The maximum absolute atomic E-state index is 11.4. The number of rotatable bonds is 8. The number of carbonyl (C=O) groups is 2. The molecule has 0 aliphatic carbocycles. The first-order valence-corrected chi connectivity index (χ1v) is 8.14. The molecule has 0 saturated heterocycles. The van der Waals surface area contributed by atoms with Gasteiger partial charge in [0.25, 0.3) is 10.1 Å². The van der Waals surface area contributed by atoms with E-state index in [1.54, 1.807) is 0 Å². The van der Waals surface area contributed by atoms with Crippen LogP contribution in [0.1, 0.15) is 12.0 Å². The van der Waals surface area contributed by atoms with Crippen molar-refractivity contribution in [1.29, 1.82) is 0 Å². The zero-order valence-electron chi connectivity index (χ0n) is 12.5. The third-order valence-corrected chi connectivity index (χ3v) is 3.24. The van der Waals surface area contributed by atoms with E-state index in [0.717, 1.165) is 5.56 Å². The topological polar surface area (TPSA) is 122 Å². The van der Waals surface area contributed by atoms with Gasteiger partial charge in [0.2, 0.25) is 5.91 Å². The number of nitrogens with one attached hydrogen (secondary N) is 2. The quantitative estimate of drug-likeness (QED) is 0.430. The van der Waals surface area contributed by atoms with Crippen LogP contribution in [0, 0.1) is 0 Å². The van der Waals surface area contributed by atoms with Crippen LogP contribution in [0.15, 0.2) is 30.3 Å². The second kappa shape index (κ2) is 11.1. The molecule has 2 amide bonds. The fraction of sp³-hybridized carbons (Fsp3) is 0.385. The molecule has 0 aromatic heterocycles. The van der Waals surface area contributed by atoms with Crippen LogP contribution in [0.2, 0.25) is 0 Å². The summed E-state index contributed by atoms with van der Waals surface area (Å²) in [5.74, 6) is -0.988. The van der Waals surface area contributed by atoms with Gasteiger partial charge in [-0.15, -0.1) is 0 Å². The molecule has 0 fully saturated rings. The number of hydrogen-bond acceptors (Lipinski definition) is 5. The van der Waals surface area contributed by atoms with Gasteiger partial charge in [0.05, 0.1) is 5.75 Å². The molecule has 0 heterocycles. The standard InChI is InChI=1S/C13H18N2O6S.Zn/c16-12(14-8-9-22(18,19)20)6-7-15-13(17)21-10-11-4-2-1-3-5-11;/h1-5H,6-10H2,(H,14,16)(H,15,17)(H,18,19,20);. The van der Waals surface area contributed by atoms with E-state index in [1.165, 1.54) is 0 Å². The Morgan fingerprint density at radius 2 is 1.74 bits per heavy atom. The molecular weight excluding hydrogens is 378 g/mol. The maximum Gasteiger partial charge on any atom is 0.407 e. The summed E-state index contributed by atoms with van der Waals surface area (Å²) in [5, 5.41) is 4.70. The van der Waals surface area contributed by atoms with E-state index < -0.39 is 27.9 Å². The molecule has 0 spiro atoms. The number of carbonyl (C=O) groups excluding carboxylic acids is 2. The molecule has 0 radical (unpaired) electrons. The largest absolute Gasteiger partial charge is 0.445 e. The molecule has 1 aromatic carbocycles. The van der Waals surface area contributed by atoms with E-state index in [4.69, 9.17) is 9.29 Å². The van der Waals surface area contributed by atoms with Crippen molar-refractivity contribution in [3.8, 4) is 0 Å². The van der Waals surface area contributed by atoms with E-state index in [2.05, 4.69) is 10.6 Å². The van der Waals surface area contributed by atoms with Gasteiger partial charge in [-0.25, -0.2) is 4.79 Å². The summed E-state index contributed by atoms with van der Waals surface area (Å²) in [6, 6.07) is 9.14. The Bertz CT molecular complexity index is 594. The normalized spacial score (nSPS) is 10.3. The second-order valence-corrected chi connectivity index (χ2v) is 5.95. The van der Waals surface area contributed by atoms with E-state index in [9.17, 15) is 18.0 Å². The minimum atomic E-state index is -4.09. The minimum absolute atomic E-state index is 0. The number of amides is 2. The molecule has 0 saturated carbocycles. The van der Waals surface area contributed by atoms with Gasteiger partial charge >= 0.3 is 6.09 Å². The summed E-state index contributed by atoms with van der Waals surface area (Å²) in [4.78, 5) is 22.7. The smallest absolute Gasteiger partial charge is 0.407 e. The Kier molecular flexibility index (Phi) is 10.4. The van der Waals surface area contributed by atoms with Gasteiger partial charge < -0.3 is 15.4 Å². The van der Waals surface area contributed by atoms with Crippen molar-refractivity contribution in [2.45, 2.75) is 13.0 Å². The van der Waals surface area contributed by atoms with Crippen LogP contribution in [-0.2, 0) is 45.7 Å². The monoisotopic (exact) mass is 394 g/mol. The predicted octanol–water partition coefficient (Wildman–Crippen LogP) is 0.304. The molecule has 0 atom stereocenters. The maximum atomic E-state index is 11.4. The molecule has 0 aliphatic heterocycles. The second-order valence-electron chi connectivity index (χ2n) is 4.37. The first-order chi connectivity index (χ1) is 10.4. The van der Waals surface area contributed by atoms with Crippen molar-refractivity contribution in [3.63, 3.8) is 0 Å². The molecule has 23 heavy (non-hydrogen) atoms. The summed E-state index contributed by atoms with van der Waals surface area (Å²) in [5.41, 5.74) is 0.848. The molecule has 10 heteroatoms. The zero-order valence-corrected chi connectivity index (χ0v) is 16.3. The molecule has 0 bridgehead atoms. The van der Waals surface area contributed by atoms with Crippen molar-refractivity contribution in [2.24, 2.45) is 0 Å². The average molecular weight is 396 g/mol. The van der Waals surface area contributed by atoms with Crippen LogP contribution in [0.4, 0.5) is 4.79 Å². The molecule has 124 valence electrons. The molecule has 0 aliphatic rings. The Labute approximate surface area is 147 Å². The van der Waals surface area contributed by atoms with Crippen LogP contribution >= 0.6 is 0 Å². The molecular formula is C13H18N2O6SZn. The van der Waals surface area contributed by atoms with Gasteiger partial charge in [-0.3, -0.25) is 9.35 Å². The summed E-state index contributed by atoms with van der Waals surface area (Å²) in [6.07, 6.45) is -0.666. The van der Waals surface area contributed by atoms with E-state index in [0.29, 0.717) is 0 Å². The van der Waals surface area contributed by atoms with Gasteiger partial charge in [-0.05, 0) is 5.56 Å². The van der Waals surface area contributed by atoms with Crippen molar-refractivity contribution in [3.05, 3.63) is 35.9 Å². The Morgan fingerprint density at radius 1 is 1.09 bits per heavy atom. The van der Waals surface area contributed by atoms with Gasteiger partial charge in [-0.2, -0.15) is 8.42 Å². The van der Waals surface area contributed by atoms with E-state index in [-0.39, 0.29) is 45.6 Å². The first kappa shape index (κ1) is 21.5. The number of hydrogen-bond donors (Lipinski definition) is 3. The van der Waals surface area contributed by atoms with Crippen LogP contribution in [0.5, 0.6) is 0 Å². The van der Waals surface area contributed by atoms with Gasteiger partial charge in [0.1, 0.15) is 6.61 Å². The number of ether oxygens (including phenoxy) is 1. The fourth-order valence-corrected chi connectivity index (χ4v) is 1.82. The van der Waals surface area contributed by atoms with Crippen molar-refractivity contribution in [2.75, 3.05) is 18.8 Å². The van der Waals surface area contributed by atoms with Crippen molar-refractivity contribution >= 4 is 22.1 Å². The van der Waals surface area contributed by atoms with Gasteiger partial charge in [-0.1, -0.05) is 30.3 Å². The number of benzene rings is 1. The van der Waals surface area contributed by atoms with Gasteiger partial charge in [0.15, 0.2) is 0 Å². The molecule has 1 rings (SSSR count). The summed E-state index contributed by atoms with van der Waals surface area (Å²) >= 11 is 0. The summed E-state index contributed by atoms with van der Waals surface area (Å²) in [6.45, 7) is 0.00861. The zero-order chi connectivity index (χ0) is 16.4. The predicted molar refractivity (Wildman–Crippen MR) is 78.7 cm³/mol. The van der Waals surface area contributed by atoms with Crippen LogP contribution in [0.3, 0.4) is 0 Å². The van der Waals surface area contributed by atoms with Crippen molar-refractivity contribution in [1.82, 2.24) is 10.6 Å². The van der Waals surface area contributed by atoms with Crippen LogP contribution in [0.25, 0.3) is 0 Å². The molecule has 0 unspecified atom stereocenters. The van der Waals surface area contributed by atoms with Gasteiger partial charge in [0, 0.05) is 39.0 Å². The van der Waals surface area contributed by atoms with Crippen LogP contribution < -0.4 is 10.6 Å². The third-order valence-electron chi connectivity index (χ3n) is 2.52.